The van der Waals surface area contributed by atoms with Crippen LogP contribution in [0, 0.1) is 5.82 Å². The molecule has 224 valence electrons. The fourth-order valence-corrected chi connectivity index (χ4v) is 5.12. The van der Waals surface area contributed by atoms with Crippen LogP contribution < -0.4 is 10.5 Å². The molecule has 1 aliphatic rings. The van der Waals surface area contributed by atoms with E-state index in [0.717, 1.165) is 0 Å². The first-order valence-electron chi connectivity index (χ1n) is 12.3. The largest absolute Gasteiger partial charge is 0.494 e. The lowest BCUT2D eigenvalue weighted by molar-refractivity contribution is -0.0579. The first kappa shape index (κ1) is 30.9. The Balaban J connectivity index is 1.38. The zero-order valence-corrected chi connectivity index (χ0v) is 23.0. The van der Waals surface area contributed by atoms with E-state index in [9.17, 15) is 29.2 Å². The van der Waals surface area contributed by atoms with Crippen molar-refractivity contribution in [1.82, 2.24) is 14.6 Å². The summed E-state index contributed by atoms with van der Waals surface area (Å²) in [6.07, 6.45) is -3.02. The van der Waals surface area contributed by atoms with Gasteiger partial charge in [-0.1, -0.05) is 6.07 Å². The molecule has 2 aromatic heterocycles. The van der Waals surface area contributed by atoms with Crippen LogP contribution in [0.5, 0.6) is 5.75 Å². The molecule has 3 unspecified atom stereocenters. The van der Waals surface area contributed by atoms with Crippen LogP contribution in [-0.2, 0) is 35.3 Å². The molecule has 0 spiro atoms. The summed E-state index contributed by atoms with van der Waals surface area (Å²) in [5, 5.41) is 35.5. The highest BCUT2D eigenvalue weighted by molar-refractivity contribution is 7.47. The third-order valence-corrected chi connectivity index (χ3v) is 7.37. The maximum Gasteiger partial charge on any atom is 0.472 e. The molecule has 1 saturated heterocycles. The van der Waals surface area contributed by atoms with Gasteiger partial charge in [-0.2, -0.15) is 5.10 Å². The highest BCUT2D eigenvalue weighted by Crippen LogP contribution is 2.46. The summed E-state index contributed by atoms with van der Waals surface area (Å²) in [5.41, 5.74) is 5.30. The molecule has 0 aliphatic carbocycles. The van der Waals surface area contributed by atoms with Crippen molar-refractivity contribution in [2.45, 2.75) is 36.6 Å². The van der Waals surface area contributed by atoms with Crippen LogP contribution in [0.3, 0.4) is 0 Å². The zero-order chi connectivity index (χ0) is 29.8. The second-order valence-corrected chi connectivity index (χ2v) is 10.5. The van der Waals surface area contributed by atoms with Crippen molar-refractivity contribution in [2.75, 3.05) is 39.7 Å². The summed E-state index contributed by atoms with van der Waals surface area (Å²) < 4.78 is 54.0. The molecule has 15 nitrogen and oxygen atoms in total. The van der Waals surface area contributed by atoms with Crippen molar-refractivity contribution in [1.29, 1.82) is 0 Å². The Labute approximate surface area is 233 Å². The molecular formula is C24H31FN5O10P. The number of hydrogen-bond donors (Lipinski definition) is 5. The second kappa shape index (κ2) is 12.9. The van der Waals surface area contributed by atoms with Crippen molar-refractivity contribution in [3.8, 4) is 5.75 Å². The molecule has 1 aliphatic heterocycles. The van der Waals surface area contributed by atoms with Crippen LogP contribution in [0.25, 0.3) is 5.52 Å². The molecule has 0 saturated carbocycles. The minimum Gasteiger partial charge on any atom is -0.494 e. The number of phosphoric acid groups is 1. The minimum atomic E-state index is -4.75. The summed E-state index contributed by atoms with van der Waals surface area (Å²) in [4.78, 5) is 18.1. The number of phosphoric ester groups is 1. The van der Waals surface area contributed by atoms with Gasteiger partial charge in [0, 0.05) is 13.3 Å². The molecular weight excluding hydrogens is 568 g/mol. The Kier molecular flexibility index (Phi) is 9.69. The van der Waals surface area contributed by atoms with Gasteiger partial charge in [-0.25, -0.2) is 18.5 Å². The number of benzene rings is 1. The molecule has 3 heterocycles. The molecule has 0 bridgehead atoms. The third kappa shape index (κ3) is 6.56. The van der Waals surface area contributed by atoms with E-state index in [4.69, 9.17) is 29.0 Å². The number of ether oxygens (including phenoxy) is 3. The van der Waals surface area contributed by atoms with Crippen LogP contribution in [0.4, 0.5) is 10.2 Å². The normalized spacial score (nSPS) is 25.1. The Morgan fingerprint density at radius 2 is 2.10 bits per heavy atom. The Hall–Kier alpha value is -3.05. The van der Waals surface area contributed by atoms with Crippen LogP contribution in [0.1, 0.15) is 11.3 Å². The van der Waals surface area contributed by atoms with Gasteiger partial charge in [-0.05, 0) is 29.8 Å². The number of aliphatic hydroxyl groups excluding tert-OH is 3. The van der Waals surface area contributed by atoms with E-state index in [0.29, 0.717) is 11.1 Å². The standard InChI is InChI=1S/C24H31FN5O10P/c1-27-12-24(20-6-4-17-23(26)28-13-29-30(17)20)22(33)21(32)19(40-24)11-39-41(34,35)38-10-15(8-31)37-9-14-3-5-18(36-2)16(25)7-14/h3-7,12-13,15,19,21-22,31-33H,8-11H2,1-2H3,(H,34,35)(H2,26,28,29)/t15-,19-,21?,22?,24+/m1/s1. The summed E-state index contributed by atoms with van der Waals surface area (Å²) in [6.45, 7) is -1.92. The number of aliphatic hydroxyl groups is 3. The molecule has 0 amide bonds. The number of halogens is 1. The van der Waals surface area contributed by atoms with Gasteiger partial charge in [0.05, 0.1) is 39.2 Å². The zero-order valence-electron chi connectivity index (χ0n) is 22.1. The molecule has 0 radical (unpaired) electrons. The van der Waals surface area contributed by atoms with Crippen molar-refractivity contribution in [3.05, 3.63) is 53.7 Å². The van der Waals surface area contributed by atoms with Crippen molar-refractivity contribution >= 4 is 25.4 Å². The fraction of sp³-hybridized carbons (Fsp3) is 0.458. The average Bonchev–Trinajstić information content (AvgIpc) is 3.49. The summed E-state index contributed by atoms with van der Waals surface area (Å²) in [7, 11) is -1.98. The number of hydrogen-bond acceptors (Lipinski definition) is 13. The number of rotatable bonds is 13. The van der Waals surface area contributed by atoms with Gasteiger partial charge in [0.1, 0.15) is 36.3 Å². The molecule has 6 N–H and O–H groups in total. The van der Waals surface area contributed by atoms with Crippen molar-refractivity contribution in [2.24, 2.45) is 4.99 Å². The van der Waals surface area contributed by atoms with Crippen LogP contribution in [-0.4, -0.2) is 99.4 Å². The average molecular weight is 600 g/mol. The van der Waals surface area contributed by atoms with E-state index in [1.165, 1.54) is 43.3 Å². The third-order valence-electron chi connectivity index (χ3n) is 6.42. The number of nitrogen functional groups attached to an aromatic ring is 1. The smallest absolute Gasteiger partial charge is 0.472 e. The molecule has 6 atom stereocenters. The van der Waals surface area contributed by atoms with Gasteiger partial charge in [0.2, 0.25) is 0 Å². The first-order chi connectivity index (χ1) is 19.5. The molecule has 1 fully saturated rings. The number of aliphatic imine (C=N–C) groups is 1. The van der Waals surface area contributed by atoms with Gasteiger partial charge in [-0.15, -0.1) is 0 Å². The lowest BCUT2D eigenvalue weighted by Crippen LogP contribution is -2.43. The summed E-state index contributed by atoms with van der Waals surface area (Å²) >= 11 is 0. The van der Waals surface area contributed by atoms with Gasteiger partial charge < -0.3 is 40.2 Å². The predicted molar refractivity (Wildman–Crippen MR) is 141 cm³/mol. The van der Waals surface area contributed by atoms with E-state index in [1.807, 2.05) is 0 Å². The topological polar surface area (TPSA) is 213 Å². The molecule has 41 heavy (non-hydrogen) atoms. The van der Waals surface area contributed by atoms with Crippen molar-refractivity contribution in [3.63, 3.8) is 0 Å². The predicted octanol–water partition coefficient (Wildman–Crippen LogP) is 0.187. The Bertz CT molecular complexity index is 1430. The summed E-state index contributed by atoms with van der Waals surface area (Å²) in [5.74, 6) is -0.378. The number of anilines is 1. The van der Waals surface area contributed by atoms with E-state index in [-0.39, 0.29) is 23.9 Å². The van der Waals surface area contributed by atoms with Gasteiger partial charge in [0.15, 0.2) is 23.0 Å². The number of methoxy groups -OCH3 is 1. The number of fused-ring (bicyclic) bond motifs is 1. The minimum absolute atomic E-state index is 0.0535. The quantitative estimate of drug-likeness (QED) is 0.131. The number of nitrogens with zero attached hydrogens (tertiary/aromatic N) is 4. The Morgan fingerprint density at radius 3 is 2.78 bits per heavy atom. The maximum atomic E-state index is 13.9. The van der Waals surface area contributed by atoms with E-state index < -0.39 is 63.5 Å². The van der Waals surface area contributed by atoms with E-state index in [1.54, 1.807) is 18.2 Å². The Morgan fingerprint density at radius 1 is 1.32 bits per heavy atom. The van der Waals surface area contributed by atoms with Crippen LogP contribution in [0.15, 0.2) is 41.7 Å². The molecule has 1 aromatic carbocycles. The van der Waals surface area contributed by atoms with Crippen LogP contribution >= 0.6 is 7.82 Å². The van der Waals surface area contributed by atoms with Crippen LogP contribution in [0.2, 0.25) is 0 Å². The van der Waals surface area contributed by atoms with Gasteiger partial charge in [0.25, 0.3) is 0 Å². The monoisotopic (exact) mass is 599 g/mol. The van der Waals surface area contributed by atoms with E-state index in [2.05, 4.69) is 15.1 Å². The van der Waals surface area contributed by atoms with Gasteiger partial charge in [-0.3, -0.25) is 14.0 Å². The fourth-order valence-electron chi connectivity index (χ4n) is 4.35. The number of aromatic nitrogens is 3. The molecule has 3 aromatic rings. The molecule has 4 rings (SSSR count). The maximum absolute atomic E-state index is 13.9. The highest BCUT2D eigenvalue weighted by atomic mass is 31.2. The first-order valence-corrected chi connectivity index (χ1v) is 13.8. The molecule has 17 heteroatoms. The van der Waals surface area contributed by atoms with E-state index >= 15 is 0 Å². The SMILES string of the molecule is CN=C[C@@]1(c2ccc3c(N)ncnn23)O[C@H](COP(=O)(O)OC[C@@H](CO)OCc2ccc(OC)c(F)c2)C(O)C1O. The van der Waals surface area contributed by atoms with Gasteiger partial charge >= 0.3 is 7.82 Å². The summed E-state index contributed by atoms with van der Waals surface area (Å²) in [6, 6.07) is 7.32. The van der Waals surface area contributed by atoms with Crippen molar-refractivity contribution < 1.29 is 52.4 Å². The second-order valence-electron chi connectivity index (χ2n) is 9.08. The highest BCUT2D eigenvalue weighted by Gasteiger charge is 2.56. The number of nitrogens with two attached hydrogens (primary N) is 1. The lowest BCUT2D eigenvalue weighted by Gasteiger charge is -2.27. The lowest BCUT2D eigenvalue weighted by atomic mass is 9.92.